The minimum atomic E-state index is -0.453. The fourth-order valence-electron chi connectivity index (χ4n) is 3.14. The van der Waals surface area contributed by atoms with Crippen LogP contribution in [0.25, 0.3) is 0 Å². The molecule has 22 heavy (non-hydrogen) atoms. The van der Waals surface area contributed by atoms with Crippen molar-refractivity contribution >= 4 is 17.7 Å². The van der Waals surface area contributed by atoms with Crippen molar-refractivity contribution in [3.63, 3.8) is 0 Å². The number of aliphatic hydroxyl groups excluding tert-OH is 1. The van der Waals surface area contributed by atoms with E-state index in [0.29, 0.717) is 19.5 Å². The normalized spacial score (nSPS) is 22.1. The number of hydrogen-bond acceptors (Lipinski definition) is 4. The first-order valence-corrected chi connectivity index (χ1v) is 9.05. The molecule has 1 amide bonds. The third-order valence-electron chi connectivity index (χ3n) is 4.36. The molecule has 2 N–H and O–H groups in total. The first kappa shape index (κ1) is 17.3. The molecule has 2 rings (SSSR count). The van der Waals surface area contributed by atoms with Crippen LogP contribution in [-0.2, 0) is 10.3 Å². The fourth-order valence-corrected chi connectivity index (χ4v) is 3.55. The summed E-state index contributed by atoms with van der Waals surface area (Å²) < 4.78 is 0. The van der Waals surface area contributed by atoms with Gasteiger partial charge in [-0.1, -0.05) is 26.0 Å². The van der Waals surface area contributed by atoms with E-state index in [4.69, 9.17) is 0 Å². The third-order valence-corrected chi connectivity index (χ3v) is 5.10. The number of nitrogens with one attached hydrogen (secondary N) is 1. The minimum Gasteiger partial charge on any atom is -0.396 e. The van der Waals surface area contributed by atoms with Gasteiger partial charge in [0.2, 0.25) is 5.91 Å². The number of carbonyl (C=O) groups excluding carboxylic acids is 1. The lowest BCUT2D eigenvalue weighted by molar-refractivity contribution is -0.144. The Kier molecular flexibility index (Phi) is 5.89. The Balaban J connectivity index is 2.44. The SMILES string of the molecule is CSc1ccc(C2(CCO)CNCCN2C(=O)C(C)C)cc1. The van der Waals surface area contributed by atoms with Gasteiger partial charge >= 0.3 is 0 Å². The van der Waals surface area contributed by atoms with Gasteiger partial charge in [-0.25, -0.2) is 0 Å². The van der Waals surface area contributed by atoms with Crippen molar-refractivity contribution in [1.29, 1.82) is 0 Å². The summed E-state index contributed by atoms with van der Waals surface area (Å²) in [6.45, 7) is 6.10. The molecule has 0 radical (unpaired) electrons. The smallest absolute Gasteiger partial charge is 0.225 e. The maximum Gasteiger partial charge on any atom is 0.225 e. The van der Waals surface area contributed by atoms with Gasteiger partial charge in [0.15, 0.2) is 0 Å². The van der Waals surface area contributed by atoms with Gasteiger partial charge in [0, 0.05) is 37.1 Å². The Morgan fingerprint density at radius 1 is 1.41 bits per heavy atom. The van der Waals surface area contributed by atoms with Gasteiger partial charge in [-0.3, -0.25) is 4.79 Å². The van der Waals surface area contributed by atoms with Gasteiger partial charge in [-0.05, 0) is 30.4 Å². The monoisotopic (exact) mass is 322 g/mol. The highest BCUT2D eigenvalue weighted by molar-refractivity contribution is 7.98. The molecule has 1 atom stereocenters. The fraction of sp³-hybridized carbons (Fsp3) is 0.588. The molecule has 1 fully saturated rings. The Morgan fingerprint density at radius 3 is 2.64 bits per heavy atom. The number of piperazine rings is 1. The van der Waals surface area contributed by atoms with Crippen molar-refractivity contribution in [2.24, 2.45) is 5.92 Å². The van der Waals surface area contributed by atoms with E-state index in [9.17, 15) is 9.90 Å². The molecule has 1 heterocycles. The predicted octanol–water partition coefficient (Wildman–Crippen LogP) is 2.07. The minimum absolute atomic E-state index is 0.0401. The molecule has 0 spiro atoms. The molecule has 0 bridgehead atoms. The van der Waals surface area contributed by atoms with E-state index in [2.05, 4.69) is 35.8 Å². The molecule has 0 aromatic heterocycles. The first-order valence-electron chi connectivity index (χ1n) is 7.83. The van der Waals surface area contributed by atoms with E-state index < -0.39 is 5.54 Å². The van der Waals surface area contributed by atoms with Crippen LogP contribution in [0.15, 0.2) is 29.2 Å². The molecular formula is C17H26N2O2S. The predicted molar refractivity (Wildman–Crippen MR) is 91.0 cm³/mol. The van der Waals surface area contributed by atoms with Crippen molar-refractivity contribution in [3.05, 3.63) is 29.8 Å². The molecule has 1 aliphatic rings. The number of amides is 1. The van der Waals surface area contributed by atoms with E-state index in [1.165, 1.54) is 4.90 Å². The Hall–Kier alpha value is -1.04. The van der Waals surface area contributed by atoms with Crippen LogP contribution < -0.4 is 5.32 Å². The Bertz CT molecular complexity index is 500. The zero-order chi connectivity index (χ0) is 16.2. The van der Waals surface area contributed by atoms with E-state index in [1.54, 1.807) is 11.8 Å². The average molecular weight is 322 g/mol. The van der Waals surface area contributed by atoms with E-state index in [1.807, 2.05) is 18.7 Å². The summed E-state index contributed by atoms with van der Waals surface area (Å²) in [7, 11) is 0. The number of carbonyl (C=O) groups is 1. The first-order chi connectivity index (χ1) is 10.5. The zero-order valence-electron chi connectivity index (χ0n) is 13.6. The summed E-state index contributed by atoms with van der Waals surface area (Å²) in [4.78, 5) is 15.9. The molecule has 0 aliphatic carbocycles. The Labute approximate surface area is 137 Å². The van der Waals surface area contributed by atoms with Crippen LogP contribution in [0.1, 0.15) is 25.8 Å². The standard InChI is InChI=1S/C17H26N2O2S/c1-13(2)16(21)19-10-9-18-12-17(19,8-11-20)14-4-6-15(22-3)7-5-14/h4-7,13,18,20H,8-12H2,1-3H3. The summed E-state index contributed by atoms with van der Waals surface area (Å²) in [5.41, 5.74) is 0.645. The van der Waals surface area contributed by atoms with Crippen LogP contribution in [0.3, 0.4) is 0 Å². The second-order valence-electron chi connectivity index (χ2n) is 6.06. The third kappa shape index (κ3) is 3.31. The number of nitrogens with zero attached hydrogens (tertiary/aromatic N) is 1. The second kappa shape index (κ2) is 7.49. The largest absolute Gasteiger partial charge is 0.396 e. The molecular weight excluding hydrogens is 296 g/mol. The van der Waals surface area contributed by atoms with Crippen molar-refractivity contribution in [2.45, 2.75) is 30.7 Å². The molecule has 4 nitrogen and oxygen atoms in total. The van der Waals surface area contributed by atoms with E-state index in [-0.39, 0.29) is 18.4 Å². The van der Waals surface area contributed by atoms with Gasteiger partial charge in [0.25, 0.3) is 0 Å². The number of thioether (sulfide) groups is 1. The number of aliphatic hydroxyl groups is 1. The molecule has 1 saturated heterocycles. The zero-order valence-corrected chi connectivity index (χ0v) is 14.4. The van der Waals surface area contributed by atoms with Crippen LogP contribution in [0.5, 0.6) is 0 Å². The lowest BCUT2D eigenvalue weighted by atomic mass is 9.82. The van der Waals surface area contributed by atoms with E-state index >= 15 is 0 Å². The van der Waals surface area contributed by atoms with Crippen LogP contribution in [-0.4, -0.2) is 48.4 Å². The summed E-state index contributed by atoms with van der Waals surface area (Å²) in [6, 6.07) is 8.36. The second-order valence-corrected chi connectivity index (χ2v) is 6.93. The highest BCUT2D eigenvalue weighted by atomic mass is 32.2. The lowest BCUT2D eigenvalue weighted by Gasteiger charge is -2.48. The summed E-state index contributed by atoms with van der Waals surface area (Å²) in [5, 5.41) is 13.0. The highest BCUT2D eigenvalue weighted by Gasteiger charge is 2.43. The number of benzene rings is 1. The van der Waals surface area contributed by atoms with Gasteiger partial charge < -0.3 is 15.3 Å². The number of hydrogen-bond donors (Lipinski definition) is 2. The van der Waals surface area contributed by atoms with Gasteiger partial charge in [0.1, 0.15) is 0 Å². The van der Waals surface area contributed by atoms with Crippen molar-refractivity contribution < 1.29 is 9.90 Å². The van der Waals surface area contributed by atoms with Crippen LogP contribution in [0.4, 0.5) is 0 Å². The Morgan fingerprint density at radius 2 is 2.09 bits per heavy atom. The topological polar surface area (TPSA) is 52.6 Å². The van der Waals surface area contributed by atoms with Crippen molar-refractivity contribution in [2.75, 3.05) is 32.5 Å². The van der Waals surface area contributed by atoms with Gasteiger partial charge in [-0.15, -0.1) is 11.8 Å². The molecule has 5 heteroatoms. The molecule has 0 saturated carbocycles. The molecule has 1 aromatic carbocycles. The van der Waals surface area contributed by atoms with Crippen LogP contribution in [0, 0.1) is 5.92 Å². The highest BCUT2D eigenvalue weighted by Crippen LogP contribution is 2.35. The van der Waals surface area contributed by atoms with Crippen molar-refractivity contribution in [1.82, 2.24) is 10.2 Å². The average Bonchev–Trinajstić information content (AvgIpc) is 2.55. The molecule has 1 aliphatic heterocycles. The quantitative estimate of drug-likeness (QED) is 0.815. The van der Waals surface area contributed by atoms with Crippen molar-refractivity contribution in [3.8, 4) is 0 Å². The maximum atomic E-state index is 12.7. The van der Waals surface area contributed by atoms with E-state index in [0.717, 1.165) is 12.1 Å². The maximum absolute atomic E-state index is 12.7. The summed E-state index contributed by atoms with van der Waals surface area (Å²) in [5.74, 6) is 0.116. The number of rotatable bonds is 5. The van der Waals surface area contributed by atoms with Gasteiger partial charge in [0.05, 0.1) is 5.54 Å². The molecule has 1 aromatic rings. The summed E-state index contributed by atoms with van der Waals surface area (Å²) >= 11 is 1.70. The summed E-state index contributed by atoms with van der Waals surface area (Å²) in [6.07, 6.45) is 2.60. The lowest BCUT2D eigenvalue weighted by Crippen LogP contribution is -2.62. The van der Waals surface area contributed by atoms with Crippen LogP contribution in [0.2, 0.25) is 0 Å². The van der Waals surface area contributed by atoms with Crippen LogP contribution >= 0.6 is 11.8 Å². The molecule has 122 valence electrons. The van der Waals surface area contributed by atoms with Gasteiger partial charge in [-0.2, -0.15) is 0 Å². The molecule has 1 unspecified atom stereocenters.